The zero-order chi connectivity index (χ0) is 18.8. The van der Waals surface area contributed by atoms with Gasteiger partial charge in [-0.25, -0.2) is 9.97 Å². The number of benzene rings is 2. The number of hydrogen-bond donors (Lipinski definition) is 1. The highest BCUT2D eigenvalue weighted by Crippen LogP contribution is 2.32. The van der Waals surface area contributed by atoms with Gasteiger partial charge in [0.15, 0.2) is 0 Å². The number of carbonyl (C=O) groups excluding carboxylic acids is 1. The topological polar surface area (TPSA) is 81.9 Å². The molecule has 2 heterocycles. The number of nitrogens with one attached hydrogen (secondary N) is 1. The van der Waals surface area contributed by atoms with E-state index < -0.39 is 0 Å². The molecule has 1 aliphatic rings. The van der Waals surface area contributed by atoms with Gasteiger partial charge in [0, 0.05) is 11.7 Å². The lowest BCUT2D eigenvalue weighted by Gasteiger charge is -2.22. The van der Waals surface area contributed by atoms with Crippen molar-refractivity contribution in [3.05, 3.63) is 77.7 Å². The summed E-state index contributed by atoms with van der Waals surface area (Å²) in [4.78, 5) is 23.3. The van der Waals surface area contributed by atoms with E-state index in [1.807, 2.05) is 37.3 Å². The summed E-state index contributed by atoms with van der Waals surface area (Å²) >= 11 is 0. The minimum Gasteiger partial charge on any atom is -0.338 e. The number of amides is 1. The molecule has 1 unspecified atom stereocenters. The summed E-state index contributed by atoms with van der Waals surface area (Å²) in [6.07, 6.45) is 3.81. The monoisotopic (exact) mass is 355 g/mol. The maximum Gasteiger partial charge on any atom is 0.278 e. The lowest BCUT2D eigenvalue weighted by molar-refractivity contribution is 0.0976. The van der Waals surface area contributed by atoms with Crippen molar-refractivity contribution in [3.8, 4) is 6.07 Å². The van der Waals surface area contributed by atoms with Crippen molar-refractivity contribution in [1.29, 1.82) is 5.26 Å². The molecule has 1 atom stereocenters. The highest BCUT2D eigenvalue weighted by Gasteiger charge is 2.31. The van der Waals surface area contributed by atoms with Gasteiger partial charge in [0.05, 0.1) is 23.6 Å². The first-order valence-electron chi connectivity index (χ1n) is 8.67. The van der Waals surface area contributed by atoms with E-state index in [0.717, 1.165) is 17.7 Å². The highest BCUT2D eigenvalue weighted by atomic mass is 16.2. The van der Waals surface area contributed by atoms with E-state index in [9.17, 15) is 4.79 Å². The quantitative estimate of drug-likeness (QED) is 0.775. The van der Waals surface area contributed by atoms with E-state index >= 15 is 0 Å². The summed E-state index contributed by atoms with van der Waals surface area (Å²) in [7, 11) is 0. The largest absolute Gasteiger partial charge is 0.338 e. The van der Waals surface area contributed by atoms with Crippen LogP contribution in [0.4, 0.5) is 17.2 Å². The Morgan fingerprint density at radius 3 is 2.70 bits per heavy atom. The van der Waals surface area contributed by atoms with Gasteiger partial charge in [0.1, 0.15) is 17.6 Å². The number of para-hydroxylation sites is 2. The van der Waals surface area contributed by atoms with E-state index in [1.165, 1.54) is 12.4 Å². The van der Waals surface area contributed by atoms with E-state index in [1.54, 1.807) is 23.1 Å². The van der Waals surface area contributed by atoms with Crippen LogP contribution < -0.4 is 10.2 Å². The van der Waals surface area contributed by atoms with Crippen LogP contribution in [-0.4, -0.2) is 21.9 Å². The summed E-state index contributed by atoms with van der Waals surface area (Å²) in [5.74, 6) is 0.313. The minimum absolute atomic E-state index is 0.0806. The predicted octanol–water partition coefficient (Wildman–Crippen LogP) is 3.68. The van der Waals surface area contributed by atoms with Crippen molar-refractivity contribution in [3.63, 3.8) is 0 Å². The minimum atomic E-state index is -0.163. The first-order valence-corrected chi connectivity index (χ1v) is 8.67. The van der Waals surface area contributed by atoms with Crippen molar-refractivity contribution in [1.82, 2.24) is 9.97 Å². The first-order chi connectivity index (χ1) is 13.2. The number of hydrogen-bond acceptors (Lipinski definition) is 5. The van der Waals surface area contributed by atoms with E-state index in [2.05, 4.69) is 21.4 Å². The Morgan fingerprint density at radius 1 is 1.15 bits per heavy atom. The number of nitriles is 1. The molecule has 0 fully saturated rings. The van der Waals surface area contributed by atoms with Gasteiger partial charge in [0.25, 0.3) is 5.91 Å². The molecule has 6 heteroatoms. The Balaban J connectivity index is 1.56. The van der Waals surface area contributed by atoms with Crippen LogP contribution in [0.15, 0.2) is 60.9 Å². The van der Waals surface area contributed by atoms with Gasteiger partial charge in [-0.3, -0.25) is 4.79 Å². The maximum absolute atomic E-state index is 13.0. The molecule has 0 saturated carbocycles. The molecule has 3 aromatic rings. The van der Waals surface area contributed by atoms with E-state index in [4.69, 9.17) is 5.26 Å². The van der Waals surface area contributed by atoms with Crippen molar-refractivity contribution < 1.29 is 4.79 Å². The predicted molar refractivity (Wildman–Crippen MR) is 103 cm³/mol. The Bertz CT molecular complexity index is 1040. The Morgan fingerprint density at radius 2 is 1.93 bits per heavy atom. The van der Waals surface area contributed by atoms with Gasteiger partial charge in [-0.1, -0.05) is 30.3 Å². The zero-order valence-electron chi connectivity index (χ0n) is 14.8. The Hall–Kier alpha value is -3.72. The molecule has 1 aromatic heterocycles. The SMILES string of the molecule is CC1Cc2ccccc2N1C(=O)c1cnc(Nc2ccccc2C#N)cn1. The normalized spacial score (nSPS) is 15.1. The smallest absolute Gasteiger partial charge is 0.278 e. The molecule has 0 radical (unpaired) electrons. The van der Waals surface area contributed by atoms with E-state index in [0.29, 0.717) is 17.1 Å². The Kier molecular flexibility index (Phi) is 4.27. The van der Waals surface area contributed by atoms with Gasteiger partial charge >= 0.3 is 0 Å². The second kappa shape index (κ2) is 6.89. The van der Waals surface area contributed by atoms with Crippen LogP contribution in [-0.2, 0) is 6.42 Å². The fourth-order valence-corrected chi connectivity index (χ4v) is 3.33. The number of nitrogens with zero attached hydrogens (tertiary/aromatic N) is 4. The summed E-state index contributed by atoms with van der Waals surface area (Å²) in [6.45, 7) is 2.03. The average Bonchev–Trinajstić information content (AvgIpc) is 3.04. The number of anilines is 3. The third-order valence-corrected chi connectivity index (χ3v) is 4.61. The summed E-state index contributed by atoms with van der Waals surface area (Å²) < 4.78 is 0. The molecule has 0 aliphatic carbocycles. The number of fused-ring (bicyclic) bond motifs is 1. The van der Waals surface area contributed by atoms with Gasteiger partial charge in [0.2, 0.25) is 0 Å². The molecule has 1 aliphatic heterocycles. The maximum atomic E-state index is 13.0. The average molecular weight is 355 g/mol. The fourth-order valence-electron chi connectivity index (χ4n) is 3.33. The lowest BCUT2D eigenvalue weighted by atomic mass is 10.1. The van der Waals surface area contributed by atoms with Gasteiger partial charge < -0.3 is 10.2 Å². The molecule has 0 spiro atoms. The van der Waals surface area contributed by atoms with Crippen molar-refractivity contribution >= 4 is 23.1 Å². The molecule has 132 valence electrons. The van der Waals surface area contributed by atoms with Crippen LogP contribution >= 0.6 is 0 Å². The van der Waals surface area contributed by atoms with Gasteiger partial charge in [-0.15, -0.1) is 0 Å². The van der Waals surface area contributed by atoms with Gasteiger partial charge in [-0.05, 0) is 37.1 Å². The van der Waals surface area contributed by atoms with Crippen LogP contribution in [0.3, 0.4) is 0 Å². The summed E-state index contributed by atoms with van der Waals surface area (Å²) in [5, 5.41) is 12.2. The number of carbonyl (C=O) groups is 1. The molecule has 0 saturated heterocycles. The van der Waals surface area contributed by atoms with Crippen molar-refractivity contribution in [2.45, 2.75) is 19.4 Å². The van der Waals surface area contributed by atoms with Crippen LogP contribution in [0.1, 0.15) is 28.5 Å². The van der Waals surface area contributed by atoms with Crippen LogP contribution in [0.2, 0.25) is 0 Å². The third-order valence-electron chi connectivity index (χ3n) is 4.61. The standard InChI is InChI=1S/C21H17N5O/c1-14-10-15-6-3-5-9-19(15)26(14)21(27)18-12-24-20(13-23-18)25-17-8-4-2-7-16(17)11-22/h2-9,12-14H,10H2,1H3,(H,24,25). The number of rotatable bonds is 3. The summed E-state index contributed by atoms with van der Waals surface area (Å²) in [5.41, 5.74) is 3.55. The molecule has 6 nitrogen and oxygen atoms in total. The van der Waals surface area contributed by atoms with Crippen LogP contribution in [0.25, 0.3) is 0 Å². The molecule has 1 N–H and O–H groups in total. The van der Waals surface area contributed by atoms with Crippen LogP contribution in [0, 0.1) is 11.3 Å². The molecular formula is C21H17N5O. The second-order valence-electron chi connectivity index (χ2n) is 6.43. The summed E-state index contributed by atoms with van der Waals surface area (Å²) in [6, 6.07) is 17.3. The van der Waals surface area contributed by atoms with Crippen molar-refractivity contribution in [2.24, 2.45) is 0 Å². The second-order valence-corrected chi connectivity index (χ2v) is 6.43. The Labute approximate surface area is 157 Å². The molecule has 4 rings (SSSR count). The lowest BCUT2D eigenvalue weighted by Crippen LogP contribution is -2.36. The van der Waals surface area contributed by atoms with Crippen LogP contribution in [0.5, 0.6) is 0 Å². The van der Waals surface area contributed by atoms with Gasteiger partial charge in [-0.2, -0.15) is 5.26 Å². The molecular weight excluding hydrogens is 338 g/mol. The zero-order valence-corrected chi connectivity index (χ0v) is 14.8. The van der Waals surface area contributed by atoms with Crippen molar-refractivity contribution in [2.75, 3.05) is 10.2 Å². The molecule has 0 bridgehead atoms. The first kappa shape index (κ1) is 16.7. The van der Waals surface area contributed by atoms with E-state index in [-0.39, 0.29) is 17.6 Å². The fraction of sp³-hybridized carbons (Fsp3) is 0.143. The molecule has 2 aromatic carbocycles. The number of aromatic nitrogens is 2. The highest BCUT2D eigenvalue weighted by molar-refractivity contribution is 6.06. The molecule has 27 heavy (non-hydrogen) atoms. The third kappa shape index (κ3) is 3.11. The molecule has 1 amide bonds.